The standard InChI is InChI=1S/C17H15F3N4O/c1-11(12-6-8-21-9-7-12)22-15(25)10-24-14-5-3-2-4-13(14)23-16(24)17(18,19)20/h2-9,11H,10H2,1H3,(H,22,25). The first-order valence-electron chi connectivity index (χ1n) is 7.58. The Morgan fingerprint density at radius 1 is 1.20 bits per heavy atom. The maximum absolute atomic E-state index is 13.2. The van der Waals surface area contributed by atoms with Gasteiger partial charge in [0.2, 0.25) is 11.7 Å². The number of carbonyl (C=O) groups is 1. The van der Waals surface area contributed by atoms with E-state index in [1.807, 2.05) is 0 Å². The molecule has 1 N–H and O–H groups in total. The summed E-state index contributed by atoms with van der Waals surface area (Å²) in [5.41, 5.74) is 1.28. The third-order valence-electron chi connectivity index (χ3n) is 3.79. The second kappa shape index (κ2) is 6.54. The summed E-state index contributed by atoms with van der Waals surface area (Å²) in [4.78, 5) is 19.8. The van der Waals surface area contributed by atoms with Crippen LogP contribution < -0.4 is 5.32 Å². The van der Waals surface area contributed by atoms with E-state index in [0.717, 1.165) is 10.1 Å². The van der Waals surface area contributed by atoms with Gasteiger partial charge in [-0.15, -0.1) is 0 Å². The zero-order valence-corrected chi connectivity index (χ0v) is 13.3. The predicted molar refractivity (Wildman–Crippen MR) is 85.5 cm³/mol. The zero-order valence-electron chi connectivity index (χ0n) is 13.3. The molecule has 3 aromatic rings. The summed E-state index contributed by atoms with van der Waals surface area (Å²) in [5.74, 6) is -1.61. The van der Waals surface area contributed by atoms with Crippen LogP contribution in [0.1, 0.15) is 24.4 Å². The number of imidazole rings is 1. The highest BCUT2D eigenvalue weighted by Crippen LogP contribution is 2.31. The number of hydrogen-bond acceptors (Lipinski definition) is 3. The SMILES string of the molecule is CC(NC(=O)Cn1c(C(F)(F)F)nc2ccccc21)c1ccncc1. The van der Waals surface area contributed by atoms with Crippen molar-refractivity contribution in [3.63, 3.8) is 0 Å². The molecule has 1 amide bonds. The topological polar surface area (TPSA) is 59.8 Å². The number of nitrogens with zero attached hydrogens (tertiary/aromatic N) is 3. The molecule has 0 saturated heterocycles. The lowest BCUT2D eigenvalue weighted by atomic mass is 10.1. The highest BCUT2D eigenvalue weighted by atomic mass is 19.4. The molecule has 0 aliphatic rings. The molecule has 3 rings (SSSR count). The Hall–Kier alpha value is -2.90. The third-order valence-corrected chi connectivity index (χ3v) is 3.79. The molecule has 0 spiro atoms. The van der Waals surface area contributed by atoms with Crippen molar-refractivity contribution in [3.8, 4) is 0 Å². The van der Waals surface area contributed by atoms with Gasteiger partial charge in [-0.3, -0.25) is 9.78 Å². The van der Waals surface area contributed by atoms with Crippen LogP contribution in [0, 0.1) is 0 Å². The van der Waals surface area contributed by atoms with Crippen LogP contribution in [0.15, 0.2) is 48.8 Å². The lowest BCUT2D eigenvalue weighted by molar-refractivity contribution is -0.147. The Morgan fingerprint density at radius 2 is 1.88 bits per heavy atom. The van der Waals surface area contributed by atoms with E-state index in [0.29, 0.717) is 0 Å². The number of hydrogen-bond donors (Lipinski definition) is 1. The molecule has 130 valence electrons. The van der Waals surface area contributed by atoms with E-state index >= 15 is 0 Å². The van der Waals surface area contributed by atoms with Gasteiger partial charge in [0.05, 0.1) is 17.1 Å². The number of alkyl halides is 3. The van der Waals surface area contributed by atoms with Crippen molar-refractivity contribution in [1.82, 2.24) is 19.9 Å². The van der Waals surface area contributed by atoms with E-state index < -0.39 is 24.5 Å². The smallest absolute Gasteiger partial charge is 0.348 e. The van der Waals surface area contributed by atoms with Crippen LogP contribution in [0.25, 0.3) is 11.0 Å². The predicted octanol–water partition coefficient (Wildman–Crippen LogP) is 3.33. The van der Waals surface area contributed by atoms with Gasteiger partial charge in [-0.05, 0) is 36.8 Å². The molecule has 0 bridgehead atoms. The quantitative estimate of drug-likeness (QED) is 0.787. The number of carbonyl (C=O) groups excluding carboxylic acids is 1. The normalized spacial score (nSPS) is 13.0. The number of amides is 1. The van der Waals surface area contributed by atoms with Crippen LogP contribution >= 0.6 is 0 Å². The average Bonchev–Trinajstić information content (AvgIpc) is 2.94. The second-order valence-electron chi connectivity index (χ2n) is 5.58. The fourth-order valence-electron chi connectivity index (χ4n) is 2.62. The molecule has 2 aromatic heterocycles. The van der Waals surface area contributed by atoms with Crippen molar-refractivity contribution in [3.05, 3.63) is 60.2 Å². The van der Waals surface area contributed by atoms with Crippen LogP contribution in [-0.2, 0) is 17.5 Å². The Balaban J connectivity index is 1.86. The van der Waals surface area contributed by atoms with Crippen molar-refractivity contribution >= 4 is 16.9 Å². The first-order chi connectivity index (χ1) is 11.9. The second-order valence-corrected chi connectivity index (χ2v) is 5.58. The highest BCUT2D eigenvalue weighted by molar-refractivity contribution is 5.81. The van der Waals surface area contributed by atoms with E-state index in [1.54, 1.807) is 43.6 Å². The van der Waals surface area contributed by atoms with E-state index in [9.17, 15) is 18.0 Å². The summed E-state index contributed by atoms with van der Waals surface area (Å²) in [5, 5.41) is 2.70. The molecule has 0 saturated carbocycles. The molecule has 2 heterocycles. The molecule has 0 aliphatic carbocycles. The first kappa shape index (κ1) is 16.9. The fourth-order valence-corrected chi connectivity index (χ4v) is 2.62. The van der Waals surface area contributed by atoms with Gasteiger partial charge in [0.15, 0.2) is 0 Å². The summed E-state index contributed by atoms with van der Waals surface area (Å²) in [6.45, 7) is 1.29. The van der Waals surface area contributed by atoms with Gasteiger partial charge in [0.25, 0.3) is 0 Å². The van der Waals surface area contributed by atoms with Crippen LogP contribution in [0.4, 0.5) is 13.2 Å². The highest BCUT2D eigenvalue weighted by Gasteiger charge is 2.38. The molecule has 0 fully saturated rings. The first-order valence-corrected chi connectivity index (χ1v) is 7.58. The summed E-state index contributed by atoms with van der Waals surface area (Å²) in [7, 11) is 0. The zero-order chi connectivity index (χ0) is 18.0. The van der Waals surface area contributed by atoms with Crippen LogP contribution in [-0.4, -0.2) is 20.4 Å². The number of pyridine rings is 1. The fraction of sp³-hybridized carbons (Fsp3) is 0.235. The van der Waals surface area contributed by atoms with E-state index in [-0.39, 0.29) is 17.1 Å². The van der Waals surface area contributed by atoms with E-state index in [4.69, 9.17) is 0 Å². The van der Waals surface area contributed by atoms with Gasteiger partial charge >= 0.3 is 6.18 Å². The van der Waals surface area contributed by atoms with Crippen molar-refractivity contribution in [2.24, 2.45) is 0 Å². The molecular formula is C17H15F3N4O. The molecule has 1 unspecified atom stereocenters. The number of para-hydroxylation sites is 2. The Bertz CT molecular complexity index is 890. The van der Waals surface area contributed by atoms with E-state index in [2.05, 4.69) is 15.3 Å². The molecule has 1 atom stereocenters. The lowest BCUT2D eigenvalue weighted by Crippen LogP contribution is -2.31. The largest absolute Gasteiger partial charge is 0.449 e. The Morgan fingerprint density at radius 3 is 2.56 bits per heavy atom. The number of benzene rings is 1. The lowest BCUT2D eigenvalue weighted by Gasteiger charge is -2.16. The van der Waals surface area contributed by atoms with Crippen molar-refractivity contribution in [2.45, 2.75) is 25.7 Å². The van der Waals surface area contributed by atoms with Crippen LogP contribution in [0.5, 0.6) is 0 Å². The van der Waals surface area contributed by atoms with Gasteiger partial charge in [-0.1, -0.05) is 12.1 Å². The molecule has 5 nitrogen and oxygen atoms in total. The summed E-state index contributed by atoms with van der Waals surface area (Å²) in [6, 6.07) is 9.33. The number of fused-ring (bicyclic) bond motifs is 1. The minimum absolute atomic E-state index is 0.199. The van der Waals surface area contributed by atoms with Crippen molar-refractivity contribution in [2.75, 3.05) is 0 Å². The van der Waals surface area contributed by atoms with Gasteiger partial charge < -0.3 is 9.88 Å². The minimum Gasteiger partial charge on any atom is -0.348 e. The van der Waals surface area contributed by atoms with E-state index in [1.165, 1.54) is 12.1 Å². The van der Waals surface area contributed by atoms with Gasteiger partial charge in [-0.2, -0.15) is 13.2 Å². The summed E-state index contributed by atoms with van der Waals surface area (Å²) >= 11 is 0. The molecule has 0 radical (unpaired) electrons. The minimum atomic E-state index is -4.64. The van der Waals surface area contributed by atoms with Crippen molar-refractivity contribution in [1.29, 1.82) is 0 Å². The summed E-state index contributed by atoms with van der Waals surface area (Å²) < 4.78 is 40.6. The van der Waals surface area contributed by atoms with Crippen LogP contribution in [0.2, 0.25) is 0 Å². The Labute approximate surface area is 141 Å². The number of rotatable bonds is 4. The van der Waals surface area contributed by atoms with Gasteiger partial charge in [0.1, 0.15) is 6.54 Å². The van der Waals surface area contributed by atoms with Gasteiger partial charge in [0, 0.05) is 12.4 Å². The molecule has 1 aromatic carbocycles. The maximum Gasteiger partial charge on any atom is 0.449 e. The number of aromatic nitrogens is 3. The monoisotopic (exact) mass is 348 g/mol. The number of halogens is 3. The third kappa shape index (κ3) is 3.62. The Kier molecular flexibility index (Phi) is 4.43. The molecule has 25 heavy (non-hydrogen) atoms. The molecular weight excluding hydrogens is 333 g/mol. The maximum atomic E-state index is 13.2. The van der Waals surface area contributed by atoms with Crippen LogP contribution in [0.3, 0.4) is 0 Å². The molecule has 8 heteroatoms. The summed E-state index contributed by atoms with van der Waals surface area (Å²) in [6.07, 6.45) is -1.47. The molecule has 0 aliphatic heterocycles. The van der Waals surface area contributed by atoms with Crippen molar-refractivity contribution < 1.29 is 18.0 Å². The number of nitrogens with one attached hydrogen (secondary N) is 1. The van der Waals surface area contributed by atoms with Gasteiger partial charge in [-0.25, -0.2) is 4.98 Å². The average molecular weight is 348 g/mol.